The van der Waals surface area contributed by atoms with Gasteiger partial charge in [-0.2, -0.15) is 0 Å². The van der Waals surface area contributed by atoms with Crippen molar-refractivity contribution in [2.45, 2.75) is 5.85 Å². The van der Waals surface area contributed by atoms with Gasteiger partial charge >= 0.3 is 13.6 Å². The molecule has 1 atom stereocenters. The van der Waals surface area contributed by atoms with E-state index < -0.39 is 19.4 Å². The van der Waals surface area contributed by atoms with Crippen molar-refractivity contribution in [1.29, 1.82) is 0 Å². The summed E-state index contributed by atoms with van der Waals surface area (Å²) in [6.07, 6.45) is 1.23. The highest BCUT2D eigenvalue weighted by Crippen LogP contribution is 2.52. The van der Waals surface area contributed by atoms with Crippen LogP contribution < -0.4 is 0 Å². The maximum absolute atomic E-state index is 12.4. The highest BCUT2D eigenvalue weighted by Gasteiger charge is 2.35. The second-order valence-electron chi connectivity index (χ2n) is 4.46. The molecule has 0 bridgehead atoms. The number of hydrogen-bond acceptors (Lipinski definition) is 5. The standard InChI is InChI=1S/C16H17O5P/c1-4-15(22(18,19-2)20-3)21-16(17)14-11-7-9-12-8-5-6-10-13(12)14/h4-11,15H,1H2,2-3H3. The van der Waals surface area contributed by atoms with E-state index in [4.69, 9.17) is 13.8 Å². The van der Waals surface area contributed by atoms with Crippen molar-refractivity contribution in [3.05, 3.63) is 60.7 Å². The van der Waals surface area contributed by atoms with Gasteiger partial charge < -0.3 is 13.8 Å². The van der Waals surface area contributed by atoms with E-state index in [2.05, 4.69) is 6.58 Å². The van der Waals surface area contributed by atoms with Crippen LogP contribution in [-0.2, 0) is 18.3 Å². The predicted octanol–water partition coefficient (Wildman–Crippen LogP) is 3.99. The molecule has 5 nitrogen and oxygen atoms in total. The zero-order valence-electron chi connectivity index (χ0n) is 12.4. The monoisotopic (exact) mass is 320 g/mol. The van der Waals surface area contributed by atoms with Crippen LogP contribution in [0.3, 0.4) is 0 Å². The predicted molar refractivity (Wildman–Crippen MR) is 85.0 cm³/mol. The Balaban J connectivity index is 2.35. The summed E-state index contributed by atoms with van der Waals surface area (Å²) in [5.41, 5.74) is 0.378. The Morgan fingerprint density at radius 1 is 1.14 bits per heavy atom. The second-order valence-corrected chi connectivity index (χ2v) is 6.78. The van der Waals surface area contributed by atoms with E-state index >= 15 is 0 Å². The third kappa shape index (κ3) is 3.12. The topological polar surface area (TPSA) is 61.8 Å². The third-order valence-electron chi connectivity index (χ3n) is 3.26. The number of carbonyl (C=O) groups excluding carboxylic acids is 1. The van der Waals surface area contributed by atoms with Crippen molar-refractivity contribution in [3.8, 4) is 0 Å². The first-order valence-corrected chi connectivity index (χ1v) is 8.19. The zero-order valence-corrected chi connectivity index (χ0v) is 13.3. The Hall–Kier alpha value is -1.94. The molecule has 0 saturated carbocycles. The fourth-order valence-electron chi connectivity index (χ4n) is 2.10. The highest BCUT2D eigenvalue weighted by atomic mass is 31.2. The van der Waals surface area contributed by atoms with Gasteiger partial charge in [0.2, 0.25) is 5.85 Å². The molecule has 22 heavy (non-hydrogen) atoms. The minimum atomic E-state index is -3.59. The van der Waals surface area contributed by atoms with Crippen molar-refractivity contribution < 1.29 is 23.1 Å². The molecule has 1 unspecified atom stereocenters. The summed E-state index contributed by atoms with van der Waals surface area (Å²) in [6, 6.07) is 12.7. The largest absolute Gasteiger partial charge is 0.441 e. The lowest BCUT2D eigenvalue weighted by molar-refractivity contribution is 0.0456. The number of hydrogen-bond donors (Lipinski definition) is 0. The summed E-state index contributed by atoms with van der Waals surface area (Å²) in [5.74, 6) is -1.79. The fraction of sp³-hybridized carbons (Fsp3) is 0.188. The molecule has 2 aromatic carbocycles. The normalized spacial score (nSPS) is 12.8. The molecular formula is C16H17O5P. The van der Waals surface area contributed by atoms with Gasteiger partial charge in [-0.1, -0.05) is 43.0 Å². The van der Waals surface area contributed by atoms with Gasteiger partial charge in [0.15, 0.2) is 0 Å². The molecule has 0 aliphatic rings. The van der Waals surface area contributed by atoms with E-state index in [-0.39, 0.29) is 0 Å². The summed E-state index contributed by atoms with van der Waals surface area (Å²) in [6.45, 7) is 3.52. The van der Waals surface area contributed by atoms with Gasteiger partial charge in [-0.25, -0.2) is 4.79 Å². The zero-order chi connectivity index (χ0) is 16.2. The average molecular weight is 320 g/mol. The quantitative estimate of drug-likeness (QED) is 0.457. The molecular weight excluding hydrogens is 303 g/mol. The van der Waals surface area contributed by atoms with Crippen molar-refractivity contribution >= 4 is 24.3 Å². The molecule has 2 rings (SSSR count). The van der Waals surface area contributed by atoms with Gasteiger partial charge in [-0.3, -0.25) is 4.57 Å². The van der Waals surface area contributed by atoms with Crippen LogP contribution in [0.15, 0.2) is 55.1 Å². The SMILES string of the molecule is C=CC(OC(=O)c1cccc2ccccc12)P(=O)(OC)OC. The molecule has 0 N–H and O–H groups in total. The summed E-state index contributed by atoms with van der Waals surface area (Å²) in [4.78, 5) is 12.4. The molecule has 0 amide bonds. The van der Waals surface area contributed by atoms with E-state index in [1.165, 1.54) is 20.3 Å². The molecule has 2 aromatic rings. The molecule has 0 spiro atoms. The van der Waals surface area contributed by atoms with Crippen LogP contribution >= 0.6 is 7.60 Å². The molecule has 116 valence electrons. The van der Waals surface area contributed by atoms with Crippen molar-refractivity contribution in [1.82, 2.24) is 0 Å². The number of fused-ring (bicyclic) bond motifs is 1. The molecule has 0 aromatic heterocycles. The lowest BCUT2D eigenvalue weighted by Crippen LogP contribution is -2.18. The number of benzene rings is 2. The Kier molecular flexibility index (Phi) is 5.14. The van der Waals surface area contributed by atoms with Gasteiger partial charge in [0, 0.05) is 14.2 Å². The summed E-state index contributed by atoms with van der Waals surface area (Å²) in [5, 5.41) is 1.66. The molecule has 0 fully saturated rings. The minimum absolute atomic E-state index is 0.378. The Morgan fingerprint density at radius 2 is 1.77 bits per heavy atom. The van der Waals surface area contributed by atoms with Crippen LogP contribution in [0.25, 0.3) is 10.8 Å². The van der Waals surface area contributed by atoms with Crippen LogP contribution in [0.5, 0.6) is 0 Å². The van der Waals surface area contributed by atoms with Crippen LogP contribution in [0.4, 0.5) is 0 Å². The number of rotatable bonds is 6. The number of esters is 1. The third-order valence-corrected chi connectivity index (χ3v) is 5.22. The molecule has 0 aliphatic heterocycles. The van der Waals surface area contributed by atoms with Crippen molar-refractivity contribution in [2.24, 2.45) is 0 Å². The lowest BCUT2D eigenvalue weighted by Gasteiger charge is -2.21. The summed E-state index contributed by atoms with van der Waals surface area (Å²) >= 11 is 0. The highest BCUT2D eigenvalue weighted by molar-refractivity contribution is 7.54. The van der Waals surface area contributed by atoms with Gasteiger partial charge in [0.1, 0.15) is 0 Å². The number of ether oxygens (including phenoxy) is 1. The number of carbonyl (C=O) groups is 1. The van der Waals surface area contributed by atoms with E-state index in [0.717, 1.165) is 10.8 Å². The van der Waals surface area contributed by atoms with Crippen LogP contribution in [-0.4, -0.2) is 26.0 Å². The van der Waals surface area contributed by atoms with Crippen LogP contribution in [0.1, 0.15) is 10.4 Å². The fourth-order valence-corrected chi connectivity index (χ4v) is 3.15. The maximum atomic E-state index is 12.4. The Morgan fingerprint density at radius 3 is 2.41 bits per heavy atom. The Labute approximate surface area is 129 Å². The summed E-state index contributed by atoms with van der Waals surface area (Å²) in [7, 11) is -1.13. The van der Waals surface area contributed by atoms with Crippen LogP contribution in [0.2, 0.25) is 0 Å². The first kappa shape index (κ1) is 16.4. The van der Waals surface area contributed by atoms with E-state index in [9.17, 15) is 9.36 Å². The van der Waals surface area contributed by atoms with Gasteiger partial charge in [-0.15, -0.1) is 0 Å². The van der Waals surface area contributed by atoms with Crippen molar-refractivity contribution in [3.63, 3.8) is 0 Å². The molecule has 0 saturated heterocycles. The first-order chi connectivity index (χ1) is 10.6. The molecule has 0 radical (unpaired) electrons. The van der Waals surface area contributed by atoms with Crippen molar-refractivity contribution in [2.75, 3.05) is 14.2 Å². The average Bonchev–Trinajstić information content (AvgIpc) is 2.58. The van der Waals surface area contributed by atoms with Gasteiger partial charge in [0.05, 0.1) is 5.56 Å². The van der Waals surface area contributed by atoms with Gasteiger partial charge in [-0.05, 0) is 22.9 Å². The van der Waals surface area contributed by atoms with E-state index in [1.807, 2.05) is 30.3 Å². The first-order valence-electron chi connectivity index (χ1n) is 6.58. The lowest BCUT2D eigenvalue weighted by atomic mass is 10.1. The van der Waals surface area contributed by atoms with E-state index in [0.29, 0.717) is 5.56 Å². The van der Waals surface area contributed by atoms with Crippen LogP contribution in [0, 0.1) is 0 Å². The molecule has 0 heterocycles. The van der Waals surface area contributed by atoms with Gasteiger partial charge in [0.25, 0.3) is 0 Å². The summed E-state index contributed by atoms with van der Waals surface area (Å²) < 4.78 is 27.3. The second kappa shape index (κ2) is 6.88. The molecule has 6 heteroatoms. The molecule has 0 aliphatic carbocycles. The Bertz CT molecular complexity index is 727. The minimum Gasteiger partial charge on any atom is -0.441 e. The van der Waals surface area contributed by atoms with E-state index in [1.54, 1.807) is 12.1 Å². The maximum Gasteiger partial charge on any atom is 0.374 e. The smallest absolute Gasteiger partial charge is 0.374 e.